The van der Waals surface area contributed by atoms with Crippen molar-refractivity contribution in [2.75, 3.05) is 0 Å². The number of hydrogen-bond acceptors (Lipinski definition) is 2. The van der Waals surface area contributed by atoms with E-state index in [-0.39, 0.29) is 0 Å². The number of hydrogen-bond donors (Lipinski definition) is 0. The summed E-state index contributed by atoms with van der Waals surface area (Å²) < 4.78 is 0. The van der Waals surface area contributed by atoms with Gasteiger partial charge in [-0.15, -0.1) is 0 Å². The van der Waals surface area contributed by atoms with Crippen LogP contribution in [0.4, 0.5) is 0 Å². The molecule has 1 fully saturated rings. The quantitative estimate of drug-likeness (QED) is 0.734. The van der Waals surface area contributed by atoms with Crippen molar-refractivity contribution in [3.63, 3.8) is 0 Å². The zero-order valence-electron chi connectivity index (χ0n) is 12.0. The highest BCUT2D eigenvalue weighted by molar-refractivity contribution is 6.31. The highest BCUT2D eigenvalue weighted by atomic mass is 35.5. The predicted octanol–water partition coefficient (Wildman–Crippen LogP) is 5.08. The van der Waals surface area contributed by atoms with Gasteiger partial charge >= 0.3 is 0 Å². The molecule has 0 saturated heterocycles. The van der Waals surface area contributed by atoms with E-state index in [2.05, 4.69) is 17.1 Å². The van der Waals surface area contributed by atoms with Crippen molar-refractivity contribution >= 4 is 34.6 Å². The van der Waals surface area contributed by atoms with E-state index in [1.807, 2.05) is 48.5 Å². The van der Waals surface area contributed by atoms with Crippen LogP contribution in [0.15, 0.2) is 58.7 Å². The lowest BCUT2D eigenvalue weighted by molar-refractivity contribution is 0.909. The van der Waals surface area contributed by atoms with E-state index >= 15 is 0 Å². The molecule has 0 radical (unpaired) electrons. The molecule has 0 amide bonds. The average Bonchev–Trinajstić information content (AvgIpc) is 3.20. The Bertz CT molecular complexity index is 708. The first-order valence-electron chi connectivity index (χ1n) is 7.32. The standard InChI is InChI=1S/C18H14Cl2N2/c1-10-15-16(10)18(12-4-8-14(20)9-5-12)22-21-17(15)11-2-6-13(19)7-3-11/h2-10,15-16H,1H3/t10?,15-,16+. The molecule has 2 aromatic rings. The third-order valence-corrected chi connectivity index (χ3v) is 5.06. The van der Waals surface area contributed by atoms with Crippen molar-refractivity contribution in [3.05, 3.63) is 69.7 Å². The van der Waals surface area contributed by atoms with Crippen LogP contribution in [-0.2, 0) is 0 Å². The van der Waals surface area contributed by atoms with Gasteiger partial charge in [-0.25, -0.2) is 0 Å². The van der Waals surface area contributed by atoms with E-state index in [1.165, 1.54) is 0 Å². The Morgan fingerprint density at radius 2 is 1.05 bits per heavy atom. The predicted molar refractivity (Wildman–Crippen MR) is 92.1 cm³/mol. The molecule has 4 heteroatoms. The zero-order valence-corrected chi connectivity index (χ0v) is 13.5. The molecule has 1 saturated carbocycles. The summed E-state index contributed by atoms with van der Waals surface area (Å²) in [6.45, 7) is 2.26. The Morgan fingerprint density at radius 1 is 0.682 bits per heavy atom. The SMILES string of the molecule is CC1[C@H]2C(c3ccc(Cl)cc3)=NN=C(c3ccc(Cl)cc3)[C@@H]12. The maximum absolute atomic E-state index is 5.96. The maximum Gasteiger partial charge on any atom is 0.0743 e. The van der Waals surface area contributed by atoms with Gasteiger partial charge in [0, 0.05) is 21.9 Å². The minimum absolute atomic E-state index is 0.448. The number of halogens is 2. The van der Waals surface area contributed by atoms with Gasteiger partial charge in [-0.2, -0.15) is 10.2 Å². The number of rotatable bonds is 2. The first-order valence-corrected chi connectivity index (χ1v) is 8.08. The van der Waals surface area contributed by atoms with Gasteiger partial charge in [0.15, 0.2) is 0 Å². The lowest BCUT2D eigenvalue weighted by Gasteiger charge is -2.12. The second-order valence-corrected chi connectivity index (χ2v) is 6.77. The first kappa shape index (κ1) is 14.0. The van der Waals surface area contributed by atoms with Gasteiger partial charge in [0.05, 0.1) is 11.4 Å². The van der Waals surface area contributed by atoms with E-state index in [9.17, 15) is 0 Å². The summed E-state index contributed by atoms with van der Waals surface area (Å²) in [4.78, 5) is 0. The number of benzene rings is 2. The summed E-state index contributed by atoms with van der Waals surface area (Å²) >= 11 is 11.9. The lowest BCUT2D eigenvalue weighted by atomic mass is 9.99. The molecule has 1 aliphatic carbocycles. The average molecular weight is 329 g/mol. The summed E-state index contributed by atoms with van der Waals surface area (Å²) in [5.74, 6) is 1.46. The molecule has 0 bridgehead atoms. The van der Waals surface area contributed by atoms with Gasteiger partial charge in [-0.3, -0.25) is 0 Å². The first-order chi connectivity index (χ1) is 10.6. The van der Waals surface area contributed by atoms with Crippen molar-refractivity contribution in [1.29, 1.82) is 0 Å². The van der Waals surface area contributed by atoms with Crippen LogP contribution >= 0.6 is 23.2 Å². The fraction of sp³-hybridized carbons (Fsp3) is 0.222. The number of nitrogens with zero attached hydrogens (tertiary/aromatic N) is 2. The van der Waals surface area contributed by atoms with Gasteiger partial charge in [-0.1, -0.05) is 54.4 Å². The van der Waals surface area contributed by atoms with Crippen molar-refractivity contribution in [1.82, 2.24) is 0 Å². The minimum Gasteiger partial charge on any atom is -0.154 e. The van der Waals surface area contributed by atoms with E-state index < -0.39 is 0 Å². The maximum atomic E-state index is 5.96. The topological polar surface area (TPSA) is 24.7 Å². The second kappa shape index (κ2) is 5.22. The summed E-state index contributed by atoms with van der Waals surface area (Å²) in [6.07, 6.45) is 0. The molecule has 3 atom stereocenters. The van der Waals surface area contributed by atoms with Gasteiger partial charge < -0.3 is 0 Å². The molecule has 110 valence electrons. The minimum atomic E-state index is 0.448. The highest BCUT2D eigenvalue weighted by Gasteiger charge is 2.54. The molecule has 2 nitrogen and oxygen atoms in total. The summed E-state index contributed by atoms with van der Waals surface area (Å²) in [5, 5.41) is 10.5. The summed E-state index contributed by atoms with van der Waals surface area (Å²) in [6, 6.07) is 15.7. The lowest BCUT2D eigenvalue weighted by Crippen LogP contribution is -2.15. The zero-order chi connectivity index (χ0) is 15.3. The van der Waals surface area contributed by atoms with Crippen molar-refractivity contribution < 1.29 is 0 Å². The number of fused-ring (bicyclic) bond motifs is 1. The molecule has 4 rings (SSSR count). The van der Waals surface area contributed by atoms with Crippen molar-refractivity contribution in [2.24, 2.45) is 28.0 Å². The van der Waals surface area contributed by atoms with Gasteiger partial charge in [0.25, 0.3) is 0 Å². The Kier molecular flexibility index (Phi) is 3.32. The van der Waals surface area contributed by atoms with Crippen molar-refractivity contribution in [3.8, 4) is 0 Å². The van der Waals surface area contributed by atoms with Gasteiger partial charge in [0.2, 0.25) is 0 Å². The molecular weight excluding hydrogens is 315 g/mol. The van der Waals surface area contributed by atoms with Gasteiger partial charge in [-0.05, 0) is 41.3 Å². The van der Waals surface area contributed by atoms with Crippen LogP contribution in [0.1, 0.15) is 18.1 Å². The Hall–Kier alpha value is -1.64. The summed E-state index contributed by atoms with van der Waals surface area (Å²) in [7, 11) is 0. The Labute approximate surface area is 139 Å². The molecule has 1 aliphatic heterocycles. The Morgan fingerprint density at radius 3 is 1.41 bits per heavy atom. The van der Waals surface area contributed by atoms with Crippen LogP contribution in [0.5, 0.6) is 0 Å². The van der Waals surface area contributed by atoms with E-state index in [0.717, 1.165) is 32.6 Å². The molecule has 0 aromatic heterocycles. The van der Waals surface area contributed by atoms with Crippen LogP contribution in [-0.4, -0.2) is 11.4 Å². The van der Waals surface area contributed by atoms with Gasteiger partial charge in [0.1, 0.15) is 0 Å². The van der Waals surface area contributed by atoms with Crippen molar-refractivity contribution in [2.45, 2.75) is 6.92 Å². The monoisotopic (exact) mass is 328 g/mol. The van der Waals surface area contributed by atoms with E-state index in [4.69, 9.17) is 23.2 Å². The third-order valence-electron chi connectivity index (χ3n) is 4.56. The van der Waals surface area contributed by atoms with Crippen LogP contribution < -0.4 is 0 Å². The fourth-order valence-electron chi connectivity index (χ4n) is 3.28. The van der Waals surface area contributed by atoms with Crippen LogP contribution in [0.2, 0.25) is 10.0 Å². The second-order valence-electron chi connectivity index (χ2n) is 5.89. The molecule has 1 heterocycles. The van der Waals surface area contributed by atoms with Crippen LogP contribution in [0.25, 0.3) is 0 Å². The van der Waals surface area contributed by atoms with E-state index in [0.29, 0.717) is 17.8 Å². The largest absolute Gasteiger partial charge is 0.154 e. The molecule has 0 spiro atoms. The molecule has 0 N–H and O–H groups in total. The van der Waals surface area contributed by atoms with E-state index in [1.54, 1.807) is 0 Å². The van der Waals surface area contributed by atoms with Crippen LogP contribution in [0, 0.1) is 17.8 Å². The molecule has 2 aliphatic rings. The molecule has 22 heavy (non-hydrogen) atoms. The third kappa shape index (κ3) is 2.27. The highest BCUT2D eigenvalue weighted by Crippen LogP contribution is 2.52. The fourth-order valence-corrected chi connectivity index (χ4v) is 3.54. The molecular formula is C18H14Cl2N2. The summed E-state index contributed by atoms with van der Waals surface area (Å²) in [5.41, 5.74) is 4.38. The Balaban J connectivity index is 1.72. The smallest absolute Gasteiger partial charge is 0.0743 e. The molecule has 1 unspecified atom stereocenters. The molecule has 2 aromatic carbocycles. The van der Waals surface area contributed by atoms with Crippen LogP contribution in [0.3, 0.4) is 0 Å². The normalized spacial score (nSPS) is 26.0.